The molecule has 0 radical (unpaired) electrons. The molecule has 0 bridgehead atoms. The minimum absolute atomic E-state index is 0.00529. The molecule has 2 rings (SSSR count). The average molecular weight is 290 g/mol. The van der Waals surface area contributed by atoms with E-state index in [2.05, 4.69) is 5.32 Å². The second kappa shape index (κ2) is 7.07. The second-order valence-electron chi connectivity index (χ2n) is 4.44. The van der Waals surface area contributed by atoms with Crippen LogP contribution in [0.3, 0.4) is 0 Å². The van der Waals surface area contributed by atoms with E-state index in [1.807, 2.05) is 48.7 Å². The predicted octanol–water partition coefficient (Wildman–Crippen LogP) is 2.46. The van der Waals surface area contributed by atoms with Crippen LogP contribution in [0.15, 0.2) is 41.8 Å². The molecule has 0 aliphatic heterocycles. The fourth-order valence-corrected chi connectivity index (χ4v) is 2.50. The fraction of sp³-hybridized carbons (Fsp3) is 0.267. The zero-order chi connectivity index (χ0) is 14.4. The molecule has 1 aromatic heterocycles. The van der Waals surface area contributed by atoms with Gasteiger partial charge in [0.1, 0.15) is 5.75 Å². The summed E-state index contributed by atoms with van der Waals surface area (Å²) in [5.41, 5.74) is 6.55. The third-order valence-corrected chi connectivity index (χ3v) is 3.93. The Morgan fingerprint density at radius 2 is 2.10 bits per heavy atom. The van der Waals surface area contributed by atoms with Crippen LogP contribution in [0.1, 0.15) is 23.4 Å². The summed E-state index contributed by atoms with van der Waals surface area (Å²) < 4.78 is 5.44. The zero-order valence-electron chi connectivity index (χ0n) is 11.3. The molecule has 2 aromatic rings. The number of rotatable bonds is 6. The highest BCUT2D eigenvalue weighted by atomic mass is 32.1. The molecule has 4 nitrogen and oxygen atoms in total. The van der Waals surface area contributed by atoms with E-state index < -0.39 is 0 Å². The summed E-state index contributed by atoms with van der Waals surface area (Å²) in [6, 6.07) is 11.4. The van der Waals surface area contributed by atoms with Gasteiger partial charge < -0.3 is 15.8 Å². The van der Waals surface area contributed by atoms with Gasteiger partial charge in [0.15, 0.2) is 6.61 Å². The summed E-state index contributed by atoms with van der Waals surface area (Å²) in [5, 5.41) is 4.90. The molecule has 5 heteroatoms. The lowest BCUT2D eigenvalue weighted by Gasteiger charge is -2.13. The van der Waals surface area contributed by atoms with Gasteiger partial charge in [0.2, 0.25) is 0 Å². The molecule has 0 saturated carbocycles. The summed E-state index contributed by atoms with van der Waals surface area (Å²) >= 11 is 1.62. The van der Waals surface area contributed by atoms with Gasteiger partial charge in [-0.05, 0) is 36.1 Å². The molecular formula is C15H18N2O2S. The first-order chi connectivity index (χ1) is 9.69. The minimum Gasteiger partial charge on any atom is -0.484 e. The van der Waals surface area contributed by atoms with Crippen LogP contribution in [0.4, 0.5) is 0 Å². The van der Waals surface area contributed by atoms with Crippen LogP contribution >= 0.6 is 11.3 Å². The number of ether oxygens (including phenoxy) is 1. The molecule has 1 heterocycles. The first kappa shape index (κ1) is 14.6. The number of hydrogen-bond donors (Lipinski definition) is 2. The molecular weight excluding hydrogens is 272 g/mol. The molecule has 1 aromatic carbocycles. The quantitative estimate of drug-likeness (QED) is 0.859. The van der Waals surface area contributed by atoms with Crippen molar-refractivity contribution in [3.05, 3.63) is 52.2 Å². The number of hydrogen-bond acceptors (Lipinski definition) is 4. The molecule has 0 spiro atoms. The number of carbonyl (C=O) groups is 1. The standard InChI is InChI=1S/C15H18N2O2S/c1-11(14-3-2-8-20-14)17-15(18)10-19-13-6-4-12(9-16)5-7-13/h2-8,11H,9-10,16H2,1H3,(H,17,18). The number of amides is 1. The smallest absolute Gasteiger partial charge is 0.258 e. The number of nitrogens with two attached hydrogens (primary N) is 1. The van der Waals surface area contributed by atoms with Crippen LogP contribution in [-0.4, -0.2) is 12.5 Å². The number of thiophene rings is 1. The van der Waals surface area contributed by atoms with Gasteiger partial charge in [-0.15, -0.1) is 11.3 Å². The van der Waals surface area contributed by atoms with E-state index in [0.717, 1.165) is 10.4 Å². The maximum Gasteiger partial charge on any atom is 0.258 e. The summed E-state index contributed by atoms with van der Waals surface area (Å²) in [6.07, 6.45) is 0. The molecule has 1 atom stereocenters. The Morgan fingerprint density at radius 3 is 2.70 bits per heavy atom. The molecule has 20 heavy (non-hydrogen) atoms. The molecule has 0 aliphatic rings. The monoisotopic (exact) mass is 290 g/mol. The Bertz CT molecular complexity index is 538. The zero-order valence-corrected chi connectivity index (χ0v) is 12.2. The second-order valence-corrected chi connectivity index (χ2v) is 5.42. The van der Waals surface area contributed by atoms with Crippen LogP contribution in [0, 0.1) is 0 Å². The maximum atomic E-state index is 11.8. The molecule has 0 aliphatic carbocycles. The third kappa shape index (κ3) is 4.08. The van der Waals surface area contributed by atoms with Gasteiger partial charge in [-0.3, -0.25) is 4.79 Å². The lowest BCUT2D eigenvalue weighted by Crippen LogP contribution is -2.30. The van der Waals surface area contributed by atoms with Crippen LogP contribution in [0.25, 0.3) is 0 Å². The Hall–Kier alpha value is -1.85. The number of nitrogens with one attached hydrogen (secondary N) is 1. The first-order valence-corrected chi connectivity index (χ1v) is 7.31. The Morgan fingerprint density at radius 1 is 1.35 bits per heavy atom. The van der Waals surface area contributed by atoms with Gasteiger partial charge in [-0.25, -0.2) is 0 Å². The predicted molar refractivity (Wildman–Crippen MR) is 80.7 cm³/mol. The van der Waals surface area contributed by atoms with Gasteiger partial charge in [0.25, 0.3) is 5.91 Å². The van der Waals surface area contributed by atoms with Gasteiger partial charge in [-0.2, -0.15) is 0 Å². The van der Waals surface area contributed by atoms with Crippen molar-refractivity contribution in [2.24, 2.45) is 5.73 Å². The van der Waals surface area contributed by atoms with Gasteiger partial charge >= 0.3 is 0 Å². The van der Waals surface area contributed by atoms with Crippen LogP contribution in [-0.2, 0) is 11.3 Å². The van der Waals surface area contributed by atoms with Crippen molar-refractivity contribution in [2.45, 2.75) is 19.5 Å². The number of carbonyl (C=O) groups excluding carboxylic acids is 1. The van der Waals surface area contributed by atoms with Crippen LogP contribution in [0.2, 0.25) is 0 Å². The molecule has 0 fully saturated rings. The molecule has 3 N–H and O–H groups in total. The average Bonchev–Trinajstić information content (AvgIpc) is 3.00. The van der Waals surface area contributed by atoms with Crippen molar-refractivity contribution < 1.29 is 9.53 Å². The topological polar surface area (TPSA) is 64.3 Å². The van der Waals surface area contributed by atoms with Crippen molar-refractivity contribution in [1.29, 1.82) is 0 Å². The van der Waals surface area contributed by atoms with Gasteiger partial charge in [-0.1, -0.05) is 18.2 Å². The van der Waals surface area contributed by atoms with Crippen molar-refractivity contribution in [3.63, 3.8) is 0 Å². The Balaban J connectivity index is 1.79. The summed E-state index contributed by atoms with van der Waals surface area (Å²) in [6.45, 7) is 2.47. The van der Waals surface area contributed by atoms with E-state index in [9.17, 15) is 4.79 Å². The van der Waals surface area contributed by atoms with E-state index in [4.69, 9.17) is 10.5 Å². The largest absolute Gasteiger partial charge is 0.484 e. The summed E-state index contributed by atoms with van der Waals surface area (Å²) in [4.78, 5) is 12.9. The molecule has 1 unspecified atom stereocenters. The van der Waals surface area contributed by atoms with Crippen molar-refractivity contribution >= 4 is 17.2 Å². The van der Waals surface area contributed by atoms with E-state index in [0.29, 0.717) is 12.3 Å². The first-order valence-electron chi connectivity index (χ1n) is 6.43. The van der Waals surface area contributed by atoms with E-state index in [1.165, 1.54) is 0 Å². The van der Waals surface area contributed by atoms with Crippen molar-refractivity contribution in [2.75, 3.05) is 6.61 Å². The highest BCUT2D eigenvalue weighted by molar-refractivity contribution is 7.10. The van der Waals surface area contributed by atoms with Gasteiger partial charge in [0, 0.05) is 11.4 Å². The van der Waals surface area contributed by atoms with Crippen molar-refractivity contribution in [1.82, 2.24) is 5.32 Å². The minimum atomic E-state index is -0.131. The molecule has 106 valence electrons. The fourth-order valence-electron chi connectivity index (χ4n) is 1.76. The van der Waals surface area contributed by atoms with E-state index >= 15 is 0 Å². The Kier molecular flexibility index (Phi) is 5.15. The highest BCUT2D eigenvalue weighted by Gasteiger charge is 2.10. The van der Waals surface area contributed by atoms with E-state index in [-0.39, 0.29) is 18.6 Å². The summed E-state index contributed by atoms with van der Waals surface area (Å²) in [7, 11) is 0. The number of benzene rings is 1. The highest BCUT2D eigenvalue weighted by Crippen LogP contribution is 2.18. The van der Waals surface area contributed by atoms with Crippen molar-refractivity contribution in [3.8, 4) is 5.75 Å². The lowest BCUT2D eigenvalue weighted by atomic mass is 10.2. The van der Waals surface area contributed by atoms with Crippen LogP contribution < -0.4 is 15.8 Å². The normalized spacial score (nSPS) is 11.9. The third-order valence-electron chi connectivity index (χ3n) is 2.88. The lowest BCUT2D eigenvalue weighted by molar-refractivity contribution is -0.123. The SMILES string of the molecule is CC(NC(=O)COc1ccc(CN)cc1)c1cccs1. The van der Waals surface area contributed by atoms with E-state index in [1.54, 1.807) is 11.3 Å². The maximum absolute atomic E-state index is 11.8. The van der Waals surface area contributed by atoms with Gasteiger partial charge in [0.05, 0.1) is 6.04 Å². The molecule has 1 amide bonds. The van der Waals surface area contributed by atoms with Crippen LogP contribution in [0.5, 0.6) is 5.75 Å². The molecule has 0 saturated heterocycles. The Labute approximate surface area is 122 Å². The summed E-state index contributed by atoms with van der Waals surface area (Å²) in [5.74, 6) is 0.537.